The molecule has 78 heavy (non-hydrogen) atoms. The van der Waals surface area contributed by atoms with Crippen molar-refractivity contribution in [3.63, 3.8) is 0 Å². The second-order valence-corrected chi connectivity index (χ2v) is 23.2. The van der Waals surface area contributed by atoms with Gasteiger partial charge in [0.15, 0.2) is 6.29 Å². The van der Waals surface area contributed by atoms with E-state index in [0.29, 0.717) is 6.42 Å². The number of aliphatic hydroxyl groups is 5. The first-order valence-electron chi connectivity index (χ1n) is 33.5. The van der Waals surface area contributed by atoms with Crippen molar-refractivity contribution in [3.05, 3.63) is 60.8 Å². The van der Waals surface area contributed by atoms with Gasteiger partial charge in [-0.15, -0.1) is 0 Å². The van der Waals surface area contributed by atoms with Crippen LogP contribution in [0.2, 0.25) is 0 Å². The Morgan fingerprint density at radius 3 is 1.15 bits per heavy atom. The van der Waals surface area contributed by atoms with E-state index >= 15 is 0 Å². The monoisotopic (exact) mass is 1100 g/mol. The van der Waals surface area contributed by atoms with Crippen molar-refractivity contribution in [3.8, 4) is 0 Å². The average Bonchev–Trinajstić information content (AvgIpc) is 3.45. The predicted molar refractivity (Wildman–Crippen MR) is 332 cm³/mol. The Morgan fingerprint density at radius 2 is 0.769 bits per heavy atom. The summed E-state index contributed by atoms with van der Waals surface area (Å²) in [4.78, 5) is 13.1. The highest BCUT2D eigenvalue weighted by Crippen LogP contribution is 2.23. The number of hydrogen-bond donors (Lipinski definition) is 6. The van der Waals surface area contributed by atoms with Crippen LogP contribution in [-0.4, -0.2) is 87.5 Å². The molecule has 1 saturated heterocycles. The first-order valence-corrected chi connectivity index (χ1v) is 33.5. The Kier molecular flexibility index (Phi) is 55.0. The Balaban J connectivity index is 2.17. The van der Waals surface area contributed by atoms with Crippen LogP contribution in [0.4, 0.5) is 0 Å². The molecule has 0 saturated carbocycles. The first-order chi connectivity index (χ1) is 38.3. The third-order valence-electron chi connectivity index (χ3n) is 15.8. The molecule has 1 aliphatic heterocycles. The second-order valence-electron chi connectivity index (χ2n) is 23.2. The zero-order valence-corrected chi connectivity index (χ0v) is 50.9. The SMILES string of the molecule is CCCCCCC/C=C\C/C=C\CCCCCCCCCCCCCCCCCCCCCC(=O)NC(COC1OC(CO)C(O)C(O)C1O)C(O)/C=C/CC/C=C/CC/C=C/CCCCCCCCCCCCCCCC. The van der Waals surface area contributed by atoms with Gasteiger partial charge in [-0.2, -0.15) is 0 Å². The van der Waals surface area contributed by atoms with Crippen molar-refractivity contribution in [2.24, 2.45) is 0 Å². The molecule has 6 N–H and O–H groups in total. The summed E-state index contributed by atoms with van der Waals surface area (Å²) in [6, 6.07) is -0.830. The van der Waals surface area contributed by atoms with Gasteiger partial charge in [0.1, 0.15) is 24.4 Å². The molecule has 0 aliphatic carbocycles. The lowest BCUT2D eigenvalue weighted by Crippen LogP contribution is -2.60. The van der Waals surface area contributed by atoms with Gasteiger partial charge < -0.3 is 40.3 Å². The zero-order valence-electron chi connectivity index (χ0n) is 50.9. The largest absolute Gasteiger partial charge is 0.394 e. The van der Waals surface area contributed by atoms with Crippen LogP contribution in [0, 0.1) is 0 Å². The maximum Gasteiger partial charge on any atom is 0.220 e. The molecular weight excluding hydrogens is 971 g/mol. The maximum atomic E-state index is 13.1. The summed E-state index contributed by atoms with van der Waals surface area (Å²) in [6.07, 6.45) is 73.2. The number of allylic oxidation sites excluding steroid dienone is 9. The van der Waals surface area contributed by atoms with E-state index in [1.807, 2.05) is 6.08 Å². The number of carbonyl (C=O) groups excluding carboxylic acids is 1. The minimum atomic E-state index is -1.58. The molecule has 0 bridgehead atoms. The van der Waals surface area contributed by atoms with Gasteiger partial charge in [-0.25, -0.2) is 0 Å². The van der Waals surface area contributed by atoms with E-state index in [9.17, 15) is 30.3 Å². The molecule has 0 aromatic carbocycles. The predicted octanol–water partition coefficient (Wildman–Crippen LogP) is 17.8. The van der Waals surface area contributed by atoms with Crippen LogP contribution in [0.5, 0.6) is 0 Å². The smallest absolute Gasteiger partial charge is 0.220 e. The lowest BCUT2D eigenvalue weighted by atomic mass is 9.99. The minimum Gasteiger partial charge on any atom is -0.394 e. The summed E-state index contributed by atoms with van der Waals surface area (Å²) in [5, 5.41) is 54.7. The standard InChI is InChI=1S/C69H127NO8/c1-3-5-7-9-11-13-15-17-19-21-23-25-27-29-30-31-32-33-34-35-37-39-41-43-45-47-49-51-53-55-57-59-65(73)70-62(61-77-69-68(76)67(75)66(74)64(60-71)78-69)63(72)58-56-54-52-50-48-46-44-42-40-38-36-28-26-24-22-20-18-16-14-12-10-8-6-4-2/h15,17,21,23,40,42,48,50,56,58,62-64,66-69,71-72,74-76H,3-14,16,18-20,22,24-39,41,43-47,49,51-55,57,59-61H2,1-2H3,(H,70,73)/b17-15-,23-21-,42-40+,50-48+,58-56+. The van der Waals surface area contributed by atoms with E-state index < -0.39 is 49.5 Å². The highest BCUT2D eigenvalue weighted by molar-refractivity contribution is 5.76. The number of nitrogens with one attached hydrogen (secondary N) is 1. The Bertz CT molecular complexity index is 1410. The van der Waals surface area contributed by atoms with Gasteiger partial charge in [0, 0.05) is 6.42 Å². The molecule has 9 heteroatoms. The van der Waals surface area contributed by atoms with E-state index in [-0.39, 0.29) is 12.5 Å². The van der Waals surface area contributed by atoms with E-state index in [4.69, 9.17) is 9.47 Å². The lowest BCUT2D eigenvalue weighted by molar-refractivity contribution is -0.302. The highest BCUT2D eigenvalue weighted by atomic mass is 16.7. The van der Waals surface area contributed by atoms with E-state index in [0.717, 1.165) is 51.4 Å². The third kappa shape index (κ3) is 46.5. The number of aliphatic hydroxyl groups excluding tert-OH is 5. The molecule has 1 heterocycles. The summed E-state index contributed by atoms with van der Waals surface area (Å²) in [5.41, 5.74) is 0. The van der Waals surface area contributed by atoms with Crippen LogP contribution >= 0.6 is 0 Å². The summed E-state index contributed by atoms with van der Waals surface area (Å²) in [6.45, 7) is 3.78. The van der Waals surface area contributed by atoms with Crippen molar-refractivity contribution in [2.75, 3.05) is 13.2 Å². The lowest BCUT2D eigenvalue weighted by Gasteiger charge is -2.40. The van der Waals surface area contributed by atoms with Crippen molar-refractivity contribution in [1.29, 1.82) is 0 Å². The molecule has 7 atom stereocenters. The normalized spacial score (nSPS) is 19.0. The third-order valence-corrected chi connectivity index (χ3v) is 15.8. The zero-order chi connectivity index (χ0) is 56.5. The molecule has 0 aromatic heterocycles. The molecule has 9 nitrogen and oxygen atoms in total. The molecule has 7 unspecified atom stereocenters. The highest BCUT2D eigenvalue weighted by Gasteiger charge is 2.44. The van der Waals surface area contributed by atoms with E-state index in [1.54, 1.807) is 6.08 Å². The van der Waals surface area contributed by atoms with Crippen LogP contribution in [0.1, 0.15) is 316 Å². The fourth-order valence-corrected chi connectivity index (χ4v) is 10.5. The number of unbranched alkanes of at least 4 members (excludes halogenated alkanes) is 40. The van der Waals surface area contributed by atoms with Crippen LogP contribution in [0.15, 0.2) is 60.8 Å². The summed E-state index contributed by atoms with van der Waals surface area (Å²) in [7, 11) is 0. The van der Waals surface area contributed by atoms with Crippen molar-refractivity contribution >= 4 is 5.91 Å². The molecule has 1 aliphatic rings. The maximum absolute atomic E-state index is 13.1. The van der Waals surface area contributed by atoms with Crippen LogP contribution in [-0.2, 0) is 14.3 Å². The fraction of sp³-hybridized carbons (Fsp3) is 0.841. The van der Waals surface area contributed by atoms with E-state index in [2.05, 4.69) is 67.8 Å². The molecule has 456 valence electrons. The Morgan fingerprint density at radius 1 is 0.436 bits per heavy atom. The van der Waals surface area contributed by atoms with Gasteiger partial charge in [0.2, 0.25) is 5.91 Å². The van der Waals surface area contributed by atoms with Crippen molar-refractivity contribution < 1.29 is 39.8 Å². The van der Waals surface area contributed by atoms with Crippen LogP contribution in [0.3, 0.4) is 0 Å². The number of ether oxygens (including phenoxy) is 2. The number of rotatable bonds is 58. The number of amides is 1. The molecule has 1 amide bonds. The van der Waals surface area contributed by atoms with Crippen molar-refractivity contribution in [1.82, 2.24) is 5.32 Å². The van der Waals surface area contributed by atoms with Crippen LogP contribution < -0.4 is 5.32 Å². The average molecular weight is 1100 g/mol. The topological polar surface area (TPSA) is 149 Å². The first kappa shape index (κ1) is 73.9. The number of hydrogen-bond acceptors (Lipinski definition) is 8. The summed E-state index contributed by atoms with van der Waals surface area (Å²) < 4.78 is 11.3. The van der Waals surface area contributed by atoms with Gasteiger partial charge in [0.25, 0.3) is 0 Å². The van der Waals surface area contributed by atoms with Gasteiger partial charge in [-0.1, -0.05) is 293 Å². The minimum absolute atomic E-state index is 0.187. The molecule has 0 radical (unpaired) electrons. The molecule has 1 rings (SSSR count). The van der Waals surface area contributed by atoms with Gasteiger partial charge in [-0.3, -0.25) is 4.79 Å². The van der Waals surface area contributed by atoms with Gasteiger partial charge >= 0.3 is 0 Å². The fourth-order valence-electron chi connectivity index (χ4n) is 10.5. The molecule has 1 fully saturated rings. The second kappa shape index (κ2) is 58.1. The molecule has 0 aromatic rings. The number of carbonyl (C=O) groups is 1. The summed E-state index contributed by atoms with van der Waals surface area (Å²) in [5.74, 6) is -0.187. The Hall–Kier alpha value is -2.11. The van der Waals surface area contributed by atoms with Gasteiger partial charge in [-0.05, 0) is 77.0 Å². The molecular formula is C69H127NO8. The van der Waals surface area contributed by atoms with Crippen molar-refractivity contribution in [2.45, 2.75) is 358 Å². The van der Waals surface area contributed by atoms with Gasteiger partial charge in [0.05, 0.1) is 25.4 Å². The Labute approximate surface area is 481 Å². The van der Waals surface area contributed by atoms with Crippen LogP contribution in [0.25, 0.3) is 0 Å². The van der Waals surface area contributed by atoms with E-state index in [1.165, 1.54) is 244 Å². The molecule has 0 spiro atoms. The quantitative estimate of drug-likeness (QED) is 0.0261. The summed E-state index contributed by atoms with van der Waals surface area (Å²) >= 11 is 0.